The highest BCUT2D eigenvalue weighted by atomic mass is 16.5. The summed E-state index contributed by atoms with van der Waals surface area (Å²) in [5, 5.41) is 5.69. The van der Waals surface area contributed by atoms with Crippen LogP contribution >= 0.6 is 0 Å². The summed E-state index contributed by atoms with van der Waals surface area (Å²) in [4.78, 5) is 41.4. The fraction of sp³-hybridized carbons (Fsp3) is 0.261. The molecule has 0 saturated heterocycles. The van der Waals surface area contributed by atoms with Crippen LogP contribution in [0.2, 0.25) is 0 Å². The first-order valence-electron chi connectivity index (χ1n) is 10.1. The molecule has 0 bridgehead atoms. The third-order valence-corrected chi connectivity index (χ3v) is 5.18. The Labute approximate surface area is 178 Å². The van der Waals surface area contributed by atoms with Gasteiger partial charge >= 0.3 is 5.97 Å². The van der Waals surface area contributed by atoms with Gasteiger partial charge in [0.2, 0.25) is 0 Å². The first-order valence-corrected chi connectivity index (χ1v) is 10.1. The number of nitrogens with zero attached hydrogens (tertiary/aromatic N) is 4. The van der Waals surface area contributed by atoms with Gasteiger partial charge in [-0.2, -0.15) is 5.10 Å². The lowest BCUT2D eigenvalue weighted by atomic mass is 10.1. The Morgan fingerprint density at radius 2 is 1.90 bits per heavy atom. The number of amides is 1. The molecule has 1 aliphatic heterocycles. The van der Waals surface area contributed by atoms with Gasteiger partial charge in [0.1, 0.15) is 5.69 Å². The lowest BCUT2D eigenvalue weighted by Crippen LogP contribution is -2.28. The zero-order valence-electron chi connectivity index (χ0n) is 17.4. The van der Waals surface area contributed by atoms with Crippen molar-refractivity contribution in [1.82, 2.24) is 14.6 Å². The van der Waals surface area contributed by atoms with Crippen LogP contribution in [-0.4, -0.2) is 45.3 Å². The second kappa shape index (κ2) is 8.51. The second-order valence-electron chi connectivity index (χ2n) is 7.21. The number of benzene rings is 2. The summed E-state index contributed by atoms with van der Waals surface area (Å²) in [6, 6.07) is 14.5. The fourth-order valence-electron chi connectivity index (χ4n) is 3.57. The number of aromatic nitrogens is 2. The van der Waals surface area contributed by atoms with Gasteiger partial charge in [-0.15, -0.1) is 0 Å². The minimum Gasteiger partial charge on any atom is -0.452 e. The van der Waals surface area contributed by atoms with E-state index in [9.17, 15) is 14.4 Å². The van der Waals surface area contributed by atoms with E-state index in [4.69, 9.17) is 4.74 Å². The van der Waals surface area contributed by atoms with Crippen LogP contribution in [0, 0.1) is 6.92 Å². The Balaban J connectivity index is 1.45. The molecule has 2 aromatic carbocycles. The van der Waals surface area contributed by atoms with Gasteiger partial charge in [-0.25, -0.2) is 14.8 Å². The summed E-state index contributed by atoms with van der Waals surface area (Å²) in [5.41, 5.74) is 3.44. The van der Waals surface area contributed by atoms with Crippen LogP contribution < -0.4 is 5.56 Å². The third-order valence-electron chi connectivity index (χ3n) is 5.18. The van der Waals surface area contributed by atoms with E-state index in [2.05, 4.69) is 10.1 Å². The monoisotopic (exact) mass is 418 g/mol. The molecule has 0 unspecified atom stereocenters. The number of carbonyl (C=O) groups is 2. The van der Waals surface area contributed by atoms with Crippen molar-refractivity contribution in [2.75, 3.05) is 13.2 Å². The molecule has 0 radical (unpaired) electrons. The van der Waals surface area contributed by atoms with E-state index in [0.29, 0.717) is 36.2 Å². The third kappa shape index (κ3) is 4.09. The van der Waals surface area contributed by atoms with E-state index in [0.717, 1.165) is 11.3 Å². The summed E-state index contributed by atoms with van der Waals surface area (Å²) in [5.74, 6) is -1.01. The molecule has 8 nitrogen and oxygen atoms in total. The van der Waals surface area contributed by atoms with Crippen molar-refractivity contribution in [3.63, 3.8) is 0 Å². The Hall–Kier alpha value is -3.81. The molecule has 0 aliphatic carbocycles. The number of carbonyl (C=O) groups excluding carboxylic acids is 2. The van der Waals surface area contributed by atoms with E-state index in [1.165, 1.54) is 5.01 Å². The molecule has 2 heterocycles. The molecular weight excluding hydrogens is 396 g/mol. The van der Waals surface area contributed by atoms with Crippen LogP contribution in [0.1, 0.15) is 35.0 Å². The van der Waals surface area contributed by atoms with E-state index >= 15 is 0 Å². The molecule has 158 valence electrons. The summed E-state index contributed by atoms with van der Waals surface area (Å²) in [6.07, 6.45) is 0.651. The Morgan fingerprint density at radius 3 is 2.65 bits per heavy atom. The molecule has 3 aromatic rings. The molecular formula is C23H22N4O4. The maximum absolute atomic E-state index is 12.5. The zero-order valence-corrected chi connectivity index (χ0v) is 17.4. The van der Waals surface area contributed by atoms with Crippen LogP contribution in [0.3, 0.4) is 0 Å². The van der Waals surface area contributed by atoms with Crippen molar-refractivity contribution < 1.29 is 14.3 Å². The van der Waals surface area contributed by atoms with Crippen molar-refractivity contribution in [3.8, 4) is 0 Å². The van der Waals surface area contributed by atoms with Crippen LogP contribution in [0.5, 0.6) is 0 Å². The SMILES string of the molecule is CCn1c(=O)c(C)nc2cc(C(=O)OCC(=O)N3CCC(c4ccccc4)=N3)ccc21. The smallest absolute Gasteiger partial charge is 0.338 e. The number of rotatable bonds is 5. The normalized spacial score (nSPS) is 13.4. The predicted molar refractivity (Wildman–Crippen MR) is 116 cm³/mol. The minimum atomic E-state index is -0.629. The molecule has 8 heteroatoms. The molecule has 0 N–H and O–H groups in total. The van der Waals surface area contributed by atoms with Crippen molar-refractivity contribution in [1.29, 1.82) is 0 Å². The van der Waals surface area contributed by atoms with Crippen molar-refractivity contribution >= 4 is 28.6 Å². The Bertz CT molecular complexity index is 1250. The van der Waals surface area contributed by atoms with Crippen LogP contribution in [0.15, 0.2) is 58.4 Å². The zero-order chi connectivity index (χ0) is 22.0. The lowest BCUT2D eigenvalue weighted by molar-refractivity contribution is -0.134. The van der Waals surface area contributed by atoms with E-state index in [1.807, 2.05) is 37.3 Å². The number of hydrazone groups is 1. The van der Waals surface area contributed by atoms with Gasteiger partial charge in [0.15, 0.2) is 6.61 Å². The molecule has 1 aromatic heterocycles. The summed E-state index contributed by atoms with van der Waals surface area (Å²) >= 11 is 0. The predicted octanol–water partition coefficient (Wildman–Crippen LogP) is 2.52. The molecule has 0 spiro atoms. The quantitative estimate of drug-likeness (QED) is 0.594. The Morgan fingerprint density at radius 1 is 1.13 bits per heavy atom. The van der Waals surface area contributed by atoms with Gasteiger partial charge in [0.05, 0.1) is 28.9 Å². The molecule has 4 rings (SSSR count). The number of fused-ring (bicyclic) bond motifs is 1. The maximum Gasteiger partial charge on any atom is 0.338 e. The van der Waals surface area contributed by atoms with Crippen LogP contribution in [0.4, 0.5) is 0 Å². The molecule has 1 aliphatic rings. The highest BCUT2D eigenvalue weighted by Gasteiger charge is 2.23. The molecule has 0 fully saturated rings. The number of ether oxygens (including phenoxy) is 1. The first kappa shape index (κ1) is 20.5. The van der Waals surface area contributed by atoms with Gasteiger partial charge < -0.3 is 9.30 Å². The lowest BCUT2D eigenvalue weighted by Gasteiger charge is -2.12. The summed E-state index contributed by atoms with van der Waals surface area (Å²) in [7, 11) is 0. The van der Waals surface area contributed by atoms with E-state index < -0.39 is 12.6 Å². The van der Waals surface area contributed by atoms with Crippen LogP contribution in [0.25, 0.3) is 11.0 Å². The fourth-order valence-corrected chi connectivity index (χ4v) is 3.57. The number of esters is 1. The molecule has 0 atom stereocenters. The number of hydrogen-bond donors (Lipinski definition) is 0. The highest BCUT2D eigenvalue weighted by molar-refractivity contribution is 6.02. The standard InChI is InChI=1S/C23H22N4O4/c1-3-26-20-10-9-17(13-19(20)24-15(2)22(26)29)23(30)31-14-21(28)27-12-11-18(25-27)16-7-5-4-6-8-16/h4-10,13H,3,11-12,14H2,1-2H3. The first-order chi connectivity index (χ1) is 15.0. The van der Waals surface area contributed by atoms with E-state index in [1.54, 1.807) is 29.7 Å². The van der Waals surface area contributed by atoms with Crippen molar-refractivity contribution in [3.05, 3.63) is 75.7 Å². The minimum absolute atomic E-state index is 0.156. The largest absolute Gasteiger partial charge is 0.452 e. The van der Waals surface area contributed by atoms with Crippen molar-refractivity contribution in [2.24, 2.45) is 5.10 Å². The van der Waals surface area contributed by atoms with Gasteiger partial charge in [-0.05, 0) is 37.6 Å². The number of hydrogen-bond acceptors (Lipinski definition) is 6. The second-order valence-corrected chi connectivity index (χ2v) is 7.21. The highest BCUT2D eigenvalue weighted by Crippen LogP contribution is 2.16. The average Bonchev–Trinajstić information content (AvgIpc) is 3.29. The van der Waals surface area contributed by atoms with Gasteiger partial charge in [0.25, 0.3) is 11.5 Å². The van der Waals surface area contributed by atoms with Crippen molar-refractivity contribution in [2.45, 2.75) is 26.8 Å². The maximum atomic E-state index is 12.5. The number of aryl methyl sites for hydroxylation is 2. The van der Waals surface area contributed by atoms with E-state index in [-0.39, 0.29) is 17.0 Å². The molecule has 31 heavy (non-hydrogen) atoms. The van der Waals surface area contributed by atoms with Gasteiger partial charge in [-0.3, -0.25) is 9.59 Å². The average molecular weight is 418 g/mol. The molecule has 0 saturated carbocycles. The topological polar surface area (TPSA) is 93.9 Å². The van der Waals surface area contributed by atoms with Gasteiger partial charge in [0, 0.05) is 13.0 Å². The van der Waals surface area contributed by atoms with Gasteiger partial charge in [-0.1, -0.05) is 30.3 Å². The Kier molecular flexibility index (Phi) is 5.62. The summed E-state index contributed by atoms with van der Waals surface area (Å²) < 4.78 is 6.81. The summed E-state index contributed by atoms with van der Waals surface area (Å²) in [6.45, 7) is 4.06. The molecule has 1 amide bonds. The van der Waals surface area contributed by atoms with Crippen LogP contribution in [-0.2, 0) is 16.1 Å².